The van der Waals surface area contributed by atoms with Crippen molar-refractivity contribution in [3.63, 3.8) is 0 Å². The van der Waals surface area contributed by atoms with Crippen LogP contribution < -0.4 is 21.7 Å². The standard InChI is InChI=1S/C29H39Cl2N5O7/c1-28(2,3)23(35-27(42)33-14-21(37)43-15-18-8-5-4-6-9-18)26(41)36-16-29(30,31)13-20(36)25(40)34-19(22(38)24(32)39)12-17-10-7-11-17/h4-6,8-9,17,19-20,23H,7,10-16H2,1-3H3,(H2,32,39)(H,34,40)(H2,33,35,42). The lowest BCUT2D eigenvalue weighted by Crippen LogP contribution is -2.60. The molecule has 1 heterocycles. The lowest BCUT2D eigenvalue weighted by Gasteiger charge is -2.36. The molecule has 3 unspecified atom stereocenters. The Morgan fingerprint density at radius 2 is 1.72 bits per heavy atom. The molecular formula is C29H39Cl2N5O7. The number of esters is 1. The Bertz CT molecular complexity index is 1220. The number of nitrogens with zero attached hydrogens (tertiary/aromatic N) is 1. The molecule has 3 rings (SSSR count). The number of carbonyl (C=O) groups is 6. The normalized spacial score (nSPS) is 19.4. The molecule has 0 spiro atoms. The van der Waals surface area contributed by atoms with E-state index < -0.39 is 69.9 Å². The summed E-state index contributed by atoms with van der Waals surface area (Å²) in [5.41, 5.74) is 5.16. The average molecular weight is 641 g/mol. The van der Waals surface area contributed by atoms with Crippen LogP contribution in [0, 0.1) is 11.3 Å². The van der Waals surface area contributed by atoms with Gasteiger partial charge in [-0.2, -0.15) is 0 Å². The molecule has 1 aromatic rings. The monoisotopic (exact) mass is 639 g/mol. The van der Waals surface area contributed by atoms with Crippen LogP contribution in [0.2, 0.25) is 0 Å². The zero-order chi connectivity index (χ0) is 31.9. The molecule has 3 atom stereocenters. The highest BCUT2D eigenvalue weighted by Crippen LogP contribution is 2.38. The maximum absolute atomic E-state index is 13.8. The lowest BCUT2D eigenvalue weighted by atomic mass is 9.80. The van der Waals surface area contributed by atoms with Gasteiger partial charge in [-0.25, -0.2) is 4.79 Å². The second-order valence-corrected chi connectivity index (χ2v) is 13.8. The number of ether oxygens (including phenoxy) is 1. The summed E-state index contributed by atoms with van der Waals surface area (Å²) in [5, 5.41) is 7.56. The van der Waals surface area contributed by atoms with E-state index in [9.17, 15) is 28.8 Å². The number of carbonyl (C=O) groups excluding carboxylic acids is 6. The van der Waals surface area contributed by atoms with Crippen LogP contribution in [0.1, 0.15) is 58.4 Å². The zero-order valence-electron chi connectivity index (χ0n) is 24.5. The number of rotatable bonds is 12. The van der Waals surface area contributed by atoms with Crippen molar-refractivity contribution in [3.8, 4) is 0 Å². The van der Waals surface area contributed by atoms with E-state index in [4.69, 9.17) is 33.7 Å². The SMILES string of the molecule is CC(C)(C)C(NC(=O)NCC(=O)OCc1ccccc1)C(=O)N1CC(Cl)(Cl)CC1C(=O)NC(CC1CCC1)C(=O)C(N)=O. The topological polar surface area (TPSA) is 177 Å². The largest absolute Gasteiger partial charge is 0.460 e. The number of nitrogens with one attached hydrogen (secondary N) is 3. The Morgan fingerprint density at radius 1 is 1.07 bits per heavy atom. The number of halogens is 2. The minimum Gasteiger partial charge on any atom is -0.460 e. The number of hydrogen-bond acceptors (Lipinski definition) is 7. The van der Waals surface area contributed by atoms with Crippen molar-refractivity contribution >= 4 is 58.7 Å². The maximum Gasteiger partial charge on any atom is 0.325 e. The molecule has 2 fully saturated rings. The molecule has 1 aromatic carbocycles. The van der Waals surface area contributed by atoms with Crippen molar-refractivity contribution in [3.05, 3.63) is 35.9 Å². The summed E-state index contributed by atoms with van der Waals surface area (Å²) >= 11 is 12.8. The molecule has 12 nitrogen and oxygen atoms in total. The molecule has 1 aliphatic carbocycles. The molecule has 0 bridgehead atoms. The predicted molar refractivity (Wildman–Crippen MR) is 159 cm³/mol. The highest BCUT2D eigenvalue weighted by Gasteiger charge is 2.50. The first-order chi connectivity index (χ1) is 20.1. The second kappa shape index (κ2) is 14.4. The lowest BCUT2D eigenvalue weighted by molar-refractivity contribution is -0.143. The van der Waals surface area contributed by atoms with Crippen LogP contribution in [-0.4, -0.2) is 76.0 Å². The summed E-state index contributed by atoms with van der Waals surface area (Å²) in [7, 11) is 0. The van der Waals surface area contributed by atoms with Crippen LogP contribution in [0.4, 0.5) is 4.79 Å². The van der Waals surface area contributed by atoms with Crippen molar-refractivity contribution in [1.82, 2.24) is 20.9 Å². The molecule has 1 saturated carbocycles. The van der Waals surface area contributed by atoms with Crippen LogP contribution in [0.15, 0.2) is 30.3 Å². The van der Waals surface area contributed by atoms with E-state index in [-0.39, 0.29) is 31.9 Å². The molecule has 5 N–H and O–H groups in total. The number of likely N-dealkylation sites (tertiary alicyclic amines) is 1. The van der Waals surface area contributed by atoms with Gasteiger partial charge in [0.1, 0.15) is 29.6 Å². The maximum atomic E-state index is 13.8. The van der Waals surface area contributed by atoms with Crippen LogP contribution in [0.3, 0.4) is 0 Å². The quantitative estimate of drug-likeness (QED) is 0.153. The smallest absolute Gasteiger partial charge is 0.325 e. The molecule has 43 heavy (non-hydrogen) atoms. The van der Waals surface area contributed by atoms with Crippen molar-refractivity contribution in [2.45, 2.75) is 81.9 Å². The van der Waals surface area contributed by atoms with Crippen LogP contribution in [0.25, 0.3) is 0 Å². The van der Waals surface area contributed by atoms with E-state index in [1.807, 2.05) is 6.07 Å². The molecule has 2 aliphatic rings. The Balaban J connectivity index is 1.67. The van der Waals surface area contributed by atoms with Crippen LogP contribution in [0.5, 0.6) is 0 Å². The molecular weight excluding hydrogens is 601 g/mol. The van der Waals surface area contributed by atoms with Crippen LogP contribution >= 0.6 is 23.2 Å². The first kappa shape index (κ1) is 34.1. The van der Waals surface area contributed by atoms with Gasteiger partial charge in [-0.15, -0.1) is 0 Å². The number of alkyl halides is 2. The fourth-order valence-corrected chi connectivity index (χ4v) is 5.50. The highest BCUT2D eigenvalue weighted by molar-refractivity contribution is 6.49. The number of primary amides is 1. The number of amides is 5. The van der Waals surface area contributed by atoms with E-state index in [1.54, 1.807) is 45.0 Å². The van der Waals surface area contributed by atoms with Gasteiger partial charge in [-0.1, -0.05) is 93.6 Å². The predicted octanol–water partition coefficient (Wildman–Crippen LogP) is 1.95. The van der Waals surface area contributed by atoms with Gasteiger partial charge in [0.05, 0.1) is 12.6 Å². The first-order valence-corrected chi connectivity index (χ1v) is 14.9. The van der Waals surface area contributed by atoms with E-state index in [2.05, 4.69) is 16.0 Å². The van der Waals surface area contributed by atoms with Gasteiger partial charge >= 0.3 is 12.0 Å². The third-order valence-electron chi connectivity index (χ3n) is 7.55. The summed E-state index contributed by atoms with van der Waals surface area (Å²) in [6, 6.07) is 4.73. The third-order valence-corrected chi connectivity index (χ3v) is 8.10. The Hall–Kier alpha value is -3.38. The number of urea groups is 1. The van der Waals surface area contributed by atoms with Gasteiger partial charge in [0, 0.05) is 6.42 Å². The van der Waals surface area contributed by atoms with Gasteiger partial charge < -0.3 is 31.3 Å². The fraction of sp³-hybridized carbons (Fsp3) is 0.586. The van der Waals surface area contributed by atoms with Crippen molar-refractivity contribution in [2.24, 2.45) is 17.1 Å². The van der Waals surface area contributed by atoms with E-state index in [0.717, 1.165) is 29.7 Å². The first-order valence-electron chi connectivity index (χ1n) is 14.1. The Labute approximate surface area is 260 Å². The summed E-state index contributed by atoms with van der Waals surface area (Å²) in [5.74, 6) is -3.96. The fourth-order valence-electron chi connectivity index (χ4n) is 4.95. The molecule has 1 saturated heterocycles. The molecule has 1 aliphatic heterocycles. The Morgan fingerprint density at radius 3 is 2.28 bits per heavy atom. The van der Waals surface area contributed by atoms with Crippen LogP contribution in [-0.2, 0) is 35.3 Å². The van der Waals surface area contributed by atoms with Gasteiger partial charge in [-0.05, 0) is 23.3 Å². The Kier molecular flexibility index (Phi) is 11.4. The zero-order valence-corrected chi connectivity index (χ0v) is 26.0. The van der Waals surface area contributed by atoms with E-state index in [1.165, 1.54) is 0 Å². The van der Waals surface area contributed by atoms with E-state index in [0.29, 0.717) is 0 Å². The molecule has 0 aromatic heterocycles. The third kappa shape index (κ3) is 9.82. The summed E-state index contributed by atoms with van der Waals surface area (Å²) < 4.78 is 3.67. The average Bonchev–Trinajstić information content (AvgIpc) is 3.25. The summed E-state index contributed by atoms with van der Waals surface area (Å²) in [6.45, 7) is 4.50. The second-order valence-electron chi connectivity index (χ2n) is 12.1. The highest BCUT2D eigenvalue weighted by atomic mass is 35.5. The van der Waals surface area contributed by atoms with Gasteiger partial charge in [0.2, 0.25) is 17.6 Å². The number of ketones is 1. The summed E-state index contributed by atoms with van der Waals surface area (Å²) in [6.07, 6.45) is 2.83. The number of hydrogen-bond donors (Lipinski definition) is 4. The van der Waals surface area contributed by atoms with Crippen molar-refractivity contribution in [2.75, 3.05) is 13.1 Å². The minimum atomic E-state index is -1.48. The molecule has 236 valence electrons. The number of nitrogens with two attached hydrogens (primary N) is 1. The number of benzene rings is 1. The van der Waals surface area contributed by atoms with Crippen molar-refractivity contribution in [1.29, 1.82) is 0 Å². The minimum absolute atomic E-state index is 0.0373. The van der Waals surface area contributed by atoms with Gasteiger partial charge in [0.15, 0.2) is 0 Å². The van der Waals surface area contributed by atoms with E-state index >= 15 is 0 Å². The summed E-state index contributed by atoms with van der Waals surface area (Å²) in [4.78, 5) is 77.5. The van der Waals surface area contributed by atoms with Gasteiger partial charge in [0.25, 0.3) is 5.91 Å². The molecule has 5 amide bonds. The van der Waals surface area contributed by atoms with Crippen molar-refractivity contribution < 1.29 is 33.5 Å². The molecule has 0 radical (unpaired) electrons. The van der Waals surface area contributed by atoms with Gasteiger partial charge in [-0.3, -0.25) is 24.0 Å². The molecule has 14 heteroatoms. The number of Topliss-reactive ketones (excluding diaryl/α,β-unsaturated/α-hetero) is 1.